The highest BCUT2D eigenvalue weighted by Gasteiger charge is 2.36. The summed E-state index contributed by atoms with van der Waals surface area (Å²) in [5.74, 6) is -0.647. The van der Waals surface area contributed by atoms with Crippen molar-refractivity contribution in [3.8, 4) is 0 Å². The van der Waals surface area contributed by atoms with Gasteiger partial charge in [-0.15, -0.1) is 0 Å². The van der Waals surface area contributed by atoms with Gasteiger partial charge >= 0.3 is 6.09 Å². The summed E-state index contributed by atoms with van der Waals surface area (Å²) < 4.78 is 5.55. The predicted molar refractivity (Wildman–Crippen MR) is 173 cm³/mol. The minimum atomic E-state index is -0.949. The van der Waals surface area contributed by atoms with Crippen molar-refractivity contribution in [3.05, 3.63) is 100 Å². The topological polar surface area (TPSA) is 87.7 Å². The molecule has 43 heavy (non-hydrogen) atoms. The lowest BCUT2D eigenvalue weighted by Gasteiger charge is -2.35. The highest BCUT2D eigenvalue weighted by atomic mass is 16.6. The summed E-state index contributed by atoms with van der Waals surface area (Å²) in [7, 11) is 0. The van der Waals surface area contributed by atoms with Gasteiger partial charge in [0.05, 0.1) is 0 Å². The molecule has 7 heteroatoms. The highest BCUT2D eigenvalue weighted by molar-refractivity contribution is 6.00. The maximum absolute atomic E-state index is 14.6. The van der Waals surface area contributed by atoms with E-state index in [4.69, 9.17) is 4.74 Å². The Balaban J connectivity index is 2.12. The van der Waals surface area contributed by atoms with Crippen molar-refractivity contribution in [2.45, 2.75) is 92.3 Å². The lowest BCUT2D eigenvalue weighted by atomic mass is 9.96. The quantitative estimate of drug-likeness (QED) is 0.246. The number of para-hydroxylation sites is 1. The lowest BCUT2D eigenvalue weighted by molar-refractivity contribution is -0.140. The smallest absolute Gasteiger partial charge is 0.408 e. The van der Waals surface area contributed by atoms with Gasteiger partial charge < -0.3 is 20.3 Å². The van der Waals surface area contributed by atoms with Crippen LogP contribution in [-0.2, 0) is 20.7 Å². The Hall–Kier alpha value is -4.13. The van der Waals surface area contributed by atoms with Crippen LogP contribution >= 0.6 is 0 Å². The summed E-state index contributed by atoms with van der Waals surface area (Å²) in [6.45, 7) is 15.6. The van der Waals surface area contributed by atoms with Crippen LogP contribution in [0.5, 0.6) is 0 Å². The van der Waals surface area contributed by atoms with Gasteiger partial charge in [0, 0.05) is 18.7 Å². The van der Waals surface area contributed by atoms with E-state index in [1.165, 1.54) is 0 Å². The van der Waals surface area contributed by atoms with E-state index in [9.17, 15) is 14.4 Å². The van der Waals surface area contributed by atoms with Crippen molar-refractivity contribution >= 4 is 23.6 Å². The second kappa shape index (κ2) is 14.9. The maximum atomic E-state index is 14.6. The van der Waals surface area contributed by atoms with Gasteiger partial charge in [-0.1, -0.05) is 91.2 Å². The molecule has 2 atom stereocenters. The summed E-state index contributed by atoms with van der Waals surface area (Å²) >= 11 is 0. The second-order valence-corrected chi connectivity index (χ2v) is 12.4. The minimum Gasteiger partial charge on any atom is -0.444 e. The number of hydrogen-bond acceptors (Lipinski definition) is 4. The molecule has 7 nitrogen and oxygen atoms in total. The highest BCUT2D eigenvalue weighted by Crippen LogP contribution is 2.29. The van der Waals surface area contributed by atoms with E-state index in [1.807, 2.05) is 101 Å². The van der Waals surface area contributed by atoms with Crippen LogP contribution in [0.1, 0.15) is 80.0 Å². The Labute approximate surface area is 257 Å². The second-order valence-electron chi connectivity index (χ2n) is 12.4. The summed E-state index contributed by atoms with van der Waals surface area (Å²) in [5.41, 5.74) is 5.47. The van der Waals surface area contributed by atoms with Gasteiger partial charge in [-0.25, -0.2) is 4.79 Å². The first-order chi connectivity index (χ1) is 20.3. The van der Waals surface area contributed by atoms with Crippen molar-refractivity contribution in [1.29, 1.82) is 0 Å². The number of unbranched alkanes of at least 4 members (excludes halogenated alkanes) is 1. The Morgan fingerprint density at radius 2 is 1.47 bits per heavy atom. The number of carbonyl (C=O) groups excluding carboxylic acids is 3. The molecule has 0 radical (unpaired) electrons. The van der Waals surface area contributed by atoms with Crippen LogP contribution in [0.4, 0.5) is 10.5 Å². The molecule has 0 aliphatic carbocycles. The van der Waals surface area contributed by atoms with Gasteiger partial charge in [-0.2, -0.15) is 0 Å². The molecule has 3 aromatic carbocycles. The average Bonchev–Trinajstić information content (AvgIpc) is 2.91. The molecule has 0 spiro atoms. The van der Waals surface area contributed by atoms with E-state index < -0.39 is 23.8 Å². The summed E-state index contributed by atoms with van der Waals surface area (Å²) in [6, 6.07) is 19.5. The number of benzene rings is 3. The fraction of sp³-hybridized carbons (Fsp3) is 0.417. The van der Waals surface area contributed by atoms with E-state index in [-0.39, 0.29) is 18.2 Å². The van der Waals surface area contributed by atoms with E-state index >= 15 is 0 Å². The molecule has 0 aliphatic heterocycles. The van der Waals surface area contributed by atoms with Gasteiger partial charge in [0.1, 0.15) is 17.7 Å². The van der Waals surface area contributed by atoms with Gasteiger partial charge in [-0.3, -0.25) is 9.59 Å². The normalized spacial score (nSPS) is 12.7. The minimum absolute atomic E-state index is 0.250. The zero-order chi connectivity index (χ0) is 31.7. The molecule has 0 aromatic heterocycles. The van der Waals surface area contributed by atoms with Crippen LogP contribution in [0.25, 0.3) is 0 Å². The van der Waals surface area contributed by atoms with E-state index in [2.05, 4.69) is 10.6 Å². The monoisotopic (exact) mass is 585 g/mol. The standard InChI is InChI=1S/C36H47N3O4/c1-9-10-19-39(34(41)30(23-28-17-12-11-13-18-28)37-35(42)43-36(6,7)8)32(29-21-24(2)20-25(3)22-29)33(40)38-31-26(4)15-14-16-27(31)5/h11-18,20-22,30,32H,9-10,19,23H2,1-8H3,(H,37,42)(H,38,40). The molecule has 0 heterocycles. The van der Waals surface area contributed by atoms with Crippen molar-refractivity contribution < 1.29 is 19.1 Å². The molecule has 0 fully saturated rings. The van der Waals surface area contributed by atoms with E-state index in [1.54, 1.807) is 25.7 Å². The number of alkyl carbamates (subject to hydrolysis) is 1. The third kappa shape index (κ3) is 9.70. The Morgan fingerprint density at radius 1 is 0.860 bits per heavy atom. The van der Waals surface area contributed by atoms with Gasteiger partial charge in [0.15, 0.2) is 0 Å². The zero-order valence-corrected chi connectivity index (χ0v) is 26.9. The van der Waals surface area contributed by atoms with E-state index in [0.717, 1.165) is 45.5 Å². The molecule has 0 saturated heterocycles. The van der Waals surface area contributed by atoms with Crippen molar-refractivity contribution in [2.24, 2.45) is 0 Å². The molecule has 3 aromatic rings. The molecular formula is C36H47N3O4. The predicted octanol–water partition coefficient (Wildman–Crippen LogP) is 7.36. The molecule has 0 bridgehead atoms. The Morgan fingerprint density at radius 3 is 2.02 bits per heavy atom. The SMILES string of the molecule is CCCCN(C(=O)C(Cc1ccccc1)NC(=O)OC(C)(C)C)C(C(=O)Nc1c(C)cccc1C)c1cc(C)cc(C)c1. The van der Waals surface area contributed by atoms with Crippen LogP contribution in [0, 0.1) is 27.7 Å². The fourth-order valence-corrected chi connectivity index (χ4v) is 5.24. The number of hydrogen-bond donors (Lipinski definition) is 2. The summed E-state index contributed by atoms with van der Waals surface area (Å²) in [4.78, 5) is 43.6. The Kier molecular flexibility index (Phi) is 11.5. The molecule has 0 aliphatic rings. The molecule has 2 N–H and O–H groups in total. The van der Waals surface area contributed by atoms with Crippen LogP contribution in [0.3, 0.4) is 0 Å². The molecule has 0 saturated carbocycles. The number of aryl methyl sites for hydroxylation is 4. The van der Waals surface area contributed by atoms with Crippen LogP contribution in [-0.4, -0.2) is 41.0 Å². The summed E-state index contributed by atoms with van der Waals surface area (Å²) in [6.07, 6.45) is 1.08. The lowest BCUT2D eigenvalue weighted by Crippen LogP contribution is -2.53. The number of nitrogens with zero attached hydrogens (tertiary/aromatic N) is 1. The molecular weight excluding hydrogens is 538 g/mol. The third-order valence-corrected chi connectivity index (χ3v) is 7.16. The largest absolute Gasteiger partial charge is 0.444 e. The molecule has 2 unspecified atom stereocenters. The first-order valence-corrected chi connectivity index (χ1v) is 15.1. The zero-order valence-electron chi connectivity index (χ0n) is 26.9. The number of rotatable bonds is 11. The number of carbonyl (C=O) groups is 3. The van der Waals surface area contributed by atoms with E-state index in [0.29, 0.717) is 13.0 Å². The average molecular weight is 586 g/mol. The van der Waals surface area contributed by atoms with Crippen molar-refractivity contribution in [3.63, 3.8) is 0 Å². The molecule has 3 rings (SSSR count). The van der Waals surface area contributed by atoms with Crippen LogP contribution in [0.15, 0.2) is 66.7 Å². The number of nitrogens with one attached hydrogen (secondary N) is 2. The number of ether oxygens (including phenoxy) is 1. The first kappa shape index (κ1) is 33.4. The van der Waals surface area contributed by atoms with Crippen molar-refractivity contribution in [1.82, 2.24) is 10.2 Å². The van der Waals surface area contributed by atoms with Gasteiger partial charge in [0.25, 0.3) is 5.91 Å². The van der Waals surface area contributed by atoms with Gasteiger partial charge in [0.2, 0.25) is 5.91 Å². The number of amides is 3. The van der Waals surface area contributed by atoms with Crippen LogP contribution in [0.2, 0.25) is 0 Å². The maximum Gasteiger partial charge on any atom is 0.408 e. The van der Waals surface area contributed by atoms with Crippen LogP contribution < -0.4 is 10.6 Å². The first-order valence-electron chi connectivity index (χ1n) is 15.1. The summed E-state index contributed by atoms with van der Waals surface area (Å²) in [5, 5.41) is 5.97. The molecule has 230 valence electrons. The fourth-order valence-electron chi connectivity index (χ4n) is 5.24. The molecule has 3 amide bonds. The number of anilines is 1. The van der Waals surface area contributed by atoms with Gasteiger partial charge in [-0.05, 0) is 77.1 Å². The Bertz CT molecular complexity index is 1370. The van der Waals surface area contributed by atoms with Crippen molar-refractivity contribution in [2.75, 3.05) is 11.9 Å². The third-order valence-electron chi connectivity index (χ3n) is 7.16.